The van der Waals surface area contributed by atoms with Crippen LogP contribution in [0.4, 0.5) is 0 Å². The van der Waals surface area contributed by atoms with Crippen LogP contribution in [0.15, 0.2) is 4.99 Å². The summed E-state index contributed by atoms with van der Waals surface area (Å²) in [6.07, 6.45) is 1.56. The molecule has 0 heterocycles. The zero-order valence-electron chi connectivity index (χ0n) is 4.05. The molecule has 2 heteroatoms. The second-order valence-corrected chi connectivity index (χ2v) is 0.754. The van der Waals surface area contributed by atoms with E-state index >= 15 is 0 Å². The molecule has 0 N–H and O–H groups in total. The minimum Gasteiger partial charge on any atom is -0.287 e. The molecule has 0 spiro atoms. The van der Waals surface area contributed by atoms with E-state index in [0.29, 0.717) is 0 Å². The maximum atomic E-state index is 6.64. The maximum Gasteiger partial charge on any atom is 0.0810 e. The van der Waals surface area contributed by atoms with E-state index in [1.807, 2.05) is 0 Å². The second kappa shape index (κ2) is 4.02. The van der Waals surface area contributed by atoms with Crippen LogP contribution in [0.5, 0.6) is 0 Å². The standard InChI is InChI=1S/C3H7NS/c1-2-4-3-5/h2,5H,3H2,1H3/b4-2-/i3T. The Morgan fingerprint density at radius 2 is 3.00 bits per heavy atom. The number of hydrogen-bond acceptors (Lipinski definition) is 2. The summed E-state index contributed by atoms with van der Waals surface area (Å²) in [5, 5.41) is 0. The van der Waals surface area contributed by atoms with Gasteiger partial charge in [-0.25, -0.2) is 0 Å². The van der Waals surface area contributed by atoms with Gasteiger partial charge in [-0.05, 0) is 13.1 Å². The van der Waals surface area contributed by atoms with Gasteiger partial charge in [-0.1, -0.05) is 0 Å². The maximum absolute atomic E-state index is 6.64. The molecule has 0 aromatic rings. The van der Waals surface area contributed by atoms with Gasteiger partial charge in [-0.2, -0.15) is 12.6 Å². The smallest absolute Gasteiger partial charge is 0.0810 e. The Labute approximate surface area is 38.9 Å². The number of aliphatic imine (C=N–C) groups is 1. The molecule has 0 amide bonds. The summed E-state index contributed by atoms with van der Waals surface area (Å²) in [6, 6.07) is 0. The van der Waals surface area contributed by atoms with Crippen LogP contribution in [0.1, 0.15) is 8.29 Å². The van der Waals surface area contributed by atoms with Gasteiger partial charge in [0.25, 0.3) is 0 Å². The molecule has 0 aliphatic heterocycles. The lowest BCUT2D eigenvalue weighted by Crippen LogP contribution is -1.58. The van der Waals surface area contributed by atoms with Crippen molar-refractivity contribution in [3.8, 4) is 0 Å². The first kappa shape index (κ1) is 3.22. The molecule has 1 unspecified atom stereocenters. The molecular weight excluding hydrogens is 82.1 g/mol. The van der Waals surface area contributed by atoms with Crippen molar-refractivity contribution in [3.63, 3.8) is 0 Å². The third-order valence-electron chi connectivity index (χ3n) is 0.216. The lowest BCUT2D eigenvalue weighted by molar-refractivity contribution is 1.40. The SMILES string of the molecule is [3H]C(S)/N=C\C. The molecule has 0 aromatic carbocycles. The van der Waals surface area contributed by atoms with Crippen molar-refractivity contribution >= 4 is 18.8 Å². The van der Waals surface area contributed by atoms with Crippen molar-refractivity contribution in [2.75, 3.05) is 5.85 Å². The van der Waals surface area contributed by atoms with E-state index in [2.05, 4.69) is 17.6 Å². The minimum absolute atomic E-state index is 0.588. The van der Waals surface area contributed by atoms with E-state index in [1.54, 1.807) is 13.1 Å². The summed E-state index contributed by atoms with van der Waals surface area (Å²) >= 11 is 3.65. The average Bonchev–Trinajstić information content (AvgIpc) is 1.35. The van der Waals surface area contributed by atoms with Crippen LogP contribution in [0.3, 0.4) is 0 Å². The lowest BCUT2D eigenvalue weighted by atomic mass is 10.9. The largest absolute Gasteiger partial charge is 0.287 e. The summed E-state index contributed by atoms with van der Waals surface area (Å²) in [6.45, 7) is 1.76. The van der Waals surface area contributed by atoms with Gasteiger partial charge in [0.2, 0.25) is 0 Å². The Kier molecular flexibility index (Phi) is 2.59. The molecule has 0 saturated heterocycles. The quantitative estimate of drug-likeness (QED) is 0.364. The Balaban J connectivity index is 3.03. The summed E-state index contributed by atoms with van der Waals surface area (Å²) in [4.78, 5) is 3.53. The van der Waals surface area contributed by atoms with Gasteiger partial charge in [-0.3, -0.25) is 4.99 Å². The molecule has 0 aromatic heterocycles. The second-order valence-electron chi connectivity index (χ2n) is 0.523. The molecule has 0 radical (unpaired) electrons. The Morgan fingerprint density at radius 3 is 3.00 bits per heavy atom. The van der Waals surface area contributed by atoms with Crippen LogP contribution >= 0.6 is 12.6 Å². The molecule has 0 aliphatic rings. The Hall–Kier alpha value is 0.0200. The average molecular weight is 91.2 g/mol. The van der Waals surface area contributed by atoms with Gasteiger partial charge >= 0.3 is 0 Å². The van der Waals surface area contributed by atoms with Gasteiger partial charge in [0.1, 0.15) is 0 Å². The Bertz CT molecular complexity index is 52.8. The van der Waals surface area contributed by atoms with Crippen molar-refractivity contribution < 1.29 is 1.37 Å². The summed E-state index contributed by atoms with van der Waals surface area (Å²) in [5.41, 5.74) is 0. The summed E-state index contributed by atoms with van der Waals surface area (Å²) < 4.78 is 6.64. The number of nitrogens with zero attached hydrogens (tertiary/aromatic N) is 1. The van der Waals surface area contributed by atoms with Crippen molar-refractivity contribution in [2.24, 2.45) is 4.99 Å². The molecule has 0 saturated carbocycles. The molecule has 1 atom stereocenters. The first-order valence-electron chi connectivity index (χ1n) is 1.93. The van der Waals surface area contributed by atoms with Crippen molar-refractivity contribution in [1.29, 1.82) is 0 Å². The van der Waals surface area contributed by atoms with E-state index in [4.69, 9.17) is 1.37 Å². The highest BCUT2D eigenvalue weighted by Crippen LogP contribution is 1.68. The molecule has 1 nitrogen and oxygen atoms in total. The predicted molar refractivity (Wildman–Crippen MR) is 28.0 cm³/mol. The van der Waals surface area contributed by atoms with Crippen LogP contribution in [0.25, 0.3) is 0 Å². The van der Waals surface area contributed by atoms with Crippen LogP contribution < -0.4 is 0 Å². The first-order valence-corrected chi connectivity index (χ1v) is 1.87. The summed E-state index contributed by atoms with van der Waals surface area (Å²) in [5.74, 6) is -0.588. The topological polar surface area (TPSA) is 12.4 Å². The normalized spacial score (nSPS) is 19.2. The first-order chi connectivity index (χ1) is 2.77. The third-order valence-corrected chi connectivity index (χ3v) is 0.349. The van der Waals surface area contributed by atoms with E-state index in [-0.39, 0.29) is 0 Å². The number of thiol groups is 1. The highest BCUT2D eigenvalue weighted by molar-refractivity contribution is 7.80. The molecule has 0 aliphatic carbocycles. The fraction of sp³-hybridized carbons (Fsp3) is 0.667. The van der Waals surface area contributed by atoms with Gasteiger partial charge in [-0.15, -0.1) is 0 Å². The Morgan fingerprint density at radius 1 is 2.40 bits per heavy atom. The van der Waals surface area contributed by atoms with Crippen LogP contribution in [0, 0.1) is 0 Å². The van der Waals surface area contributed by atoms with Crippen LogP contribution in [-0.4, -0.2) is 12.1 Å². The molecule has 30 valence electrons. The van der Waals surface area contributed by atoms with Gasteiger partial charge in [0.15, 0.2) is 0 Å². The zero-order valence-corrected chi connectivity index (χ0v) is 3.94. The van der Waals surface area contributed by atoms with Gasteiger partial charge in [0, 0.05) is 0 Å². The predicted octanol–water partition coefficient (Wildman–Crippen LogP) is 0.964. The van der Waals surface area contributed by atoms with Gasteiger partial charge < -0.3 is 0 Å². The van der Waals surface area contributed by atoms with Crippen molar-refractivity contribution in [1.82, 2.24) is 0 Å². The van der Waals surface area contributed by atoms with E-state index in [9.17, 15) is 0 Å². The van der Waals surface area contributed by atoms with E-state index in [1.165, 1.54) is 0 Å². The van der Waals surface area contributed by atoms with E-state index in [0.717, 1.165) is 0 Å². The third kappa shape index (κ3) is 4.02. The minimum atomic E-state index is -0.588. The molecule has 0 fully saturated rings. The molecule has 5 heavy (non-hydrogen) atoms. The number of hydrogen-bond donors (Lipinski definition) is 1. The number of rotatable bonds is 1. The monoisotopic (exact) mass is 91.0 g/mol. The van der Waals surface area contributed by atoms with Crippen molar-refractivity contribution in [3.05, 3.63) is 0 Å². The molecule has 0 rings (SSSR count). The van der Waals surface area contributed by atoms with Gasteiger partial charge in [0.05, 0.1) is 7.22 Å². The van der Waals surface area contributed by atoms with Crippen LogP contribution in [-0.2, 0) is 0 Å². The highest BCUT2D eigenvalue weighted by Gasteiger charge is 1.51. The fourth-order valence-electron chi connectivity index (χ4n) is 0.0667. The lowest BCUT2D eigenvalue weighted by Gasteiger charge is -1.67. The van der Waals surface area contributed by atoms with E-state index < -0.39 is 5.85 Å². The zero-order chi connectivity index (χ0) is 4.99. The fourth-order valence-corrected chi connectivity index (χ4v) is 0.200. The highest BCUT2D eigenvalue weighted by atomic mass is 32.1. The van der Waals surface area contributed by atoms with Crippen LogP contribution in [0.2, 0.25) is 0 Å². The molecular formula is C3H7NS. The molecule has 0 bridgehead atoms. The van der Waals surface area contributed by atoms with Crippen molar-refractivity contribution in [2.45, 2.75) is 6.92 Å². The summed E-state index contributed by atoms with van der Waals surface area (Å²) in [7, 11) is 0.